The third-order valence-corrected chi connectivity index (χ3v) is 2.31. The van der Waals surface area contributed by atoms with Crippen molar-refractivity contribution in [3.05, 3.63) is 36.9 Å². The molecule has 0 radical (unpaired) electrons. The third-order valence-electron chi connectivity index (χ3n) is 0.805. The Balaban J connectivity index is 4.51. The molecule has 0 amide bonds. The molecule has 0 aliphatic heterocycles. The first-order chi connectivity index (χ1) is 5.68. The molecule has 0 bridgehead atoms. The van der Waals surface area contributed by atoms with Crippen LogP contribution in [0.5, 0.6) is 0 Å². The summed E-state index contributed by atoms with van der Waals surface area (Å²) in [6, 6.07) is 0. The smallest absolute Gasteiger partial charge is 0.296 e. The molecule has 0 rings (SSSR count). The fourth-order valence-electron chi connectivity index (χ4n) is 0.395. The zero-order valence-electron chi connectivity index (χ0n) is 5.86. The highest BCUT2D eigenvalue weighted by Gasteiger charge is 2.14. The Kier molecular flexibility index (Phi) is 5.21. The van der Waals surface area contributed by atoms with Gasteiger partial charge < -0.3 is 4.52 Å². The average Bonchev–Trinajstić information content (AvgIpc) is 2.02. The summed E-state index contributed by atoms with van der Waals surface area (Å²) >= 11 is 0. The van der Waals surface area contributed by atoms with Crippen LogP contribution in [-0.4, -0.2) is 0 Å². The minimum atomic E-state index is -3.67. The highest BCUT2D eigenvalue weighted by atomic mass is 31.2. The van der Waals surface area contributed by atoms with Gasteiger partial charge in [-0.05, 0) is 0 Å². The highest BCUT2D eigenvalue weighted by molar-refractivity contribution is 7.65. The lowest BCUT2D eigenvalue weighted by molar-refractivity contribution is 0.448. The van der Waals surface area contributed by atoms with Crippen LogP contribution in [0.15, 0.2) is 36.9 Å². The van der Waals surface area contributed by atoms with Crippen LogP contribution in [0.2, 0.25) is 0 Å². The SMILES string of the molecule is O=P(/C=C/F)(/C=C/F)O/C=C/F. The highest BCUT2D eigenvalue weighted by Crippen LogP contribution is 2.50. The van der Waals surface area contributed by atoms with E-state index >= 15 is 0 Å². The van der Waals surface area contributed by atoms with E-state index in [1.807, 2.05) is 0 Å². The second-order valence-electron chi connectivity index (χ2n) is 1.56. The van der Waals surface area contributed by atoms with E-state index in [4.69, 9.17) is 0 Å². The maximum Gasteiger partial charge on any atom is 0.296 e. The van der Waals surface area contributed by atoms with E-state index in [1.165, 1.54) is 0 Å². The van der Waals surface area contributed by atoms with E-state index in [-0.39, 0.29) is 19.0 Å². The van der Waals surface area contributed by atoms with Crippen LogP contribution in [0.3, 0.4) is 0 Å². The van der Waals surface area contributed by atoms with Gasteiger partial charge in [-0.25, -0.2) is 13.2 Å². The van der Waals surface area contributed by atoms with Crippen LogP contribution in [0.4, 0.5) is 13.2 Å². The first-order valence-electron chi connectivity index (χ1n) is 2.77. The summed E-state index contributed by atoms with van der Waals surface area (Å²) in [6.45, 7) is 0. The van der Waals surface area contributed by atoms with Crippen molar-refractivity contribution in [1.82, 2.24) is 0 Å². The van der Waals surface area contributed by atoms with E-state index in [0.717, 1.165) is 0 Å². The van der Waals surface area contributed by atoms with Gasteiger partial charge in [0.05, 0.1) is 12.7 Å². The Morgan fingerprint density at radius 2 is 1.50 bits per heavy atom. The van der Waals surface area contributed by atoms with E-state index in [9.17, 15) is 17.7 Å². The summed E-state index contributed by atoms with van der Waals surface area (Å²) in [5.41, 5.74) is 0. The molecule has 0 aromatic carbocycles. The van der Waals surface area contributed by atoms with Gasteiger partial charge in [-0.3, -0.25) is 4.57 Å². The standard InChI is InChI=1S/C6H6F3O2P/c7-1-4-11-12(10,5-2-8)6-3-9/h1-6H/b4-1+,5-2+,6-3+. The Hall–Kier alpha value is -0.960. The third kappa shape index (κ3) is 4.03. The minimum absolute atomic E-state index is 0.0369. The first-order valence-corrected chi connectivity index (χ1v) is 4.53. The van der Waals surface area contributed by atoms with E-state index in [0.29, 0.717) is 17.9 Å². The lowest BCUT2D eigenvalue weighted by Crippen LogP contribution is -1.73. The molecule has 0 aliphatic carbocycles. The Labute approximate surface area is 67.5 Å². The molecule has 0 spiro atoms. The van der Waals surface area contributed by atoms with E-state index in [2.05, 4.69) is 4.52 Å². The predicted molar refractivity (Wildman–Crippen MR) is 39.4 cm³/mol. The molecule has 6 heteroatoms. The number of halogens is 3. The zero-order valence-corrected chi connectivity index (χ0v) is 6.76. The monoisotopic (exact) mass is 198 g/mol. The van der Waals surface area contributed by atoms with Gasteiger partial charge in [0, 0.05) is 11.6 Å². The van der Waals surface area contributed by atoms with Gasteiger partial charge in [-0.2, -0.15) is 0 Å². The fourth-order valence-corrected chi connectivity index (χ4v) is 1.19. The van der Waals surface area contributed by atoms with Crippen molar-refractivity contribution < 1.29 is 22.3 Å². The lowest BCUT2D eigenvalue weighted by atomic mass is 11.1. The van der Waals surface area contributed by atoms with Crippen molar-refractivity contribution in [3.63, 3.8) is 0 Å². The second-order valence-corrected chi connectivity index (χ2v) is 3.66. The zero-order chi connectivity index (χ0) is 9.45. The van der Waals surface area contributed by atoms with Crippen LogP contribution >= 0.6 is 7.37 Å². The van der Waals surface area contributed by atoms with Crippen molar-refractivity contribution in [2.45, 2.75) is 0 Å². The molecule has 2 nitrogen and oxygen atoms in total. The summed E-state index contributed by atoms with van der Waals surface area (Å²) < 4.78 is 49.7. The van der Waals surface area contributed by atoms with Gasteiger partial charge in [0.25, 0.3) is 7.37 Å². The van der Waals surface area contributed by atoms with Crippen molar-refractivity contribution >= 4 is 7.37 Å². The molecule has 0 aliphatic rings. The molecule has 0 atom stereocenters. The maximum absolute atomic E-state index is 11.5. The van der Waals surface area contributed by atoms with Crippen molar-refractivity contribution in [2.75, 3.05) is 0 Å². The molecule has 0 heterocycles. The molecule has 0 saturated heterocycles. The quantitative estimate of drug-likeness (QED) is 0.509. The molecule has 0 aromatic heterocycles. The molecule has 0 unspecified atom stereocenters. The van der Waals surface area contributed by atoms with Gasteiger partial charge >= 0.3 is 0 Å². The topological polar surface area (TPSA) is 26.3 Å². The normalized spacial score (nSPS) is 13.6. The van der Waals surface area contributed by atoms with Crippen molar-refractivity contribution in [2.24, 2.45) is 0 Å². The van der Waals surface area contributed by atoms with Gasteiger partial charge in [-0.1, -0.05) is 0 Å². The van der Waals surface area contributed by atoms with Crippen LogP contribution < -0.4 is 0 Å². The number of hydrogen-bond acceptors (Lipinski definition) is 2. The van der Waals surface area contributed by atoms with Crippen LogP contribution in [-0.2, 0) is 9.09 Å². The molecule has 0 aromatic rings. The number of hydrogen-bond donors (Lipinski definition) is 0. The second kappa shape index (κ2) is 5.66. The first kappa shape index (κ1) is 11.0. The Morgan fingerprint density at radius 3 is 1.83 bits per heavy atom. The van der Waals surface area contributed by atoms with Gasteiger partial charge in [-0.15, -0.1) is 0 Å². The minimum Gasteiger partial charge on any atom is -0.443 e. The molecule has 12 heavy (non-hydrogen) atoms. The van der Waals surface area contributed by atoms with Crippen molar-refractivity contribution in [1.29, 1.82) is 0 Å². The lowest BCUT2D eigenvalue weighted by Gasteiger charge is -2.05. The van der Waals surface area contributed by atoms with Gasteiger partial charge in [0.15, 0.2) is 0 Å². The fraction of sp³-hybridized carbons (Fsp3) is 0. The Bertz CT molecular complexity index is 231. The molecular formula is C6H6F3O2P. The number of rotatable bonds is 4. The van der Waals surface area contributed by atoms with Crippen LogP contribution in [0.1, 0.15) is 0 Å². The Morgan fingerprint density at radius 1 is 1.00 bits per heavy atom. The largest absolute Gasteiger partial charge is 0.443 e. The summed E-state index contributed by atoms with van der Waals surface area (Å²) in [5, 5.41) is 0. The van der Waals surface area contributed by atoms with E-state index < -0.39 is 7.37 Å². The van der Waals surface area contributed by atoms with Crippen LogP contribution in [0.25, 0.3) is 0 Å². The average molecular weight is 198 g/mol. The predicted octanol–water partition coefficient (Wildman–Crippen LogP) is 3.60. The molecule has 0 N–H and O–H groups in total. The summed E-state index contributed by atoms with van der Waals surface area (Å²) in [4.78, 5) is 0. The summed E-state index contributed by atoms with van der Waals surface area (Å²) in [6.07, 6.45) is 0.283. The van der Waals surface area contributed by atoms with Gasteiger partial charge in [0.2, 0.25) is 0 Å². The van der Waals surface area contributed by atoms with Gasteiger partial charge in [0.1, 0.15) is 12.6 Å². The molecular weight excluding hydrogens is 192 g/mol. The summed E-state index contributed by atoms with van der Waals surface area (Å²) in [5.74, 6) is 1.01. The van der Waals surface area contributed by atoms with Crippen molar-refractivity contribution in [3.8, 4) is 0 Å². The maximum atomic E-state index is 11.5. The van der Waals surface area contributed by atoms with E-state index in [1.54, 1.807) is 0 Å². The molecule has 0 saturated carbocycles. The molecule has 68 valence electrons. The molecule has 0 fully saturated rings. The van der Waals surface area contributed by atoms with Crippen LogP contribution in [0, 0.1) is 0 Å². The summed E-state index contributed by atoms with van der Waals surface area (Å²) in [7, 11) is -3.67.